The van der Waals surface area contributed by atoms with Crippen LogP contribution in [0.3, 0.4) is 0 Å². The maximum absolute atomic E-state index is 5.30. The summed E-state index contributed by atoms with van der Waals surface area (Å²) >= 11 is 0. The minimum absolute atomic E-state index is 0.851. The maximum atomic E-state index is 5.30. The average Bonchev–Trinajstić information content (AvgIpc) is 2.52. The Kier molecular flexibility index (Phi) is 4.78. The molecule has 0 aliphatic rings. The van der Waals surface area contributed by atoms with Gasteiger partial charge in [-0.25, -0.2) is 0 Å². The Hall–Kier alpha value is -2.28. The van der Waals surface area contributed by atoms with E-state index in [0.29, 0.717) is 0 Å². The van der Waals surface area contributed by atoms with Crippen molar-refractivity contribution in [1.82, 2.24) is 0 Å². The number of methoxy groups -OCH3 is 1. The third kappa shape index (κ3) is 3.61. The van der Waals surface area contributed by atoms with Crippen molar-refractivity contribution in [2.45, 2.75) is 13.3 Å². The summed E-state index contributed by atoms with van der Waals surface area (Å²) in [6, 6.07) is 14.7. The van der Waals surface area contributed by atoms with Gasteiger partial charge in [0.25, 0.3) is 0 Å². The molecule has 2 aromatic carbocycles. The molecule has 102 valence electrons. The summed E-state index contributed by atoms with van der Waals surface area (Å²) in [5, 5.41) is 0. The van der Waals surface area contributed by atoms with E-state index in [1.807, 2.05) is 18.2 Å². The van der Waals surface area contributed by atoms with Crippen LogP contribution in [0.1, 0.15) is 29.2 Å². The van der Waals surface area contributed by atoms with E-state index in [4.69, 9.17) is 4.74 Å². The predicted octanol–water partition coefficient (Wildman–Crippen LogP) is 5.07. The lowest BCUT2D eigenvalue weighted by atomic mass is 10.1. The van der Waals surface area contributed by atoms with E-state index in [1.165, 1.54) is 11.1 Å². The van der Waals surface area contributed by atoms with Crippen LogP contribution in [-0.2, 0) is 6.42 Å². The van der Waals surface area contributed by atoms with E-state index in [0.717, 1.165) is 23.3 Å². The van der Waals surface area contributed by atoms with Crippen molar-refractivity contribution in [3.8, 4) is 5.75 Å². The van der Waals surface area contributed by atoms with Crippen molar-refractivity contribution < 1.29 is 4.74 Å². The second kappa shape index (κ2) is 6.76. The first-order chi connectivity index (χ1) is 9.75. The van der Waals surface area contributed by atoms with Crippen LogP contribution >= 0.6 is 0 Å². The molecule has 0 heterocycles. The molecule has 1 heteroatoms. The highest BCUT2D eigenvalue weighted by Gasteiger charge is 1.97. The van der Waals surface area contributed by atoms with Gasteiger partial charge >= 0.3 is 0 Å². The molecule has 0 atom stereocenters. The smallest absolute Gasteiger partial charge is 0.120 e. The predicted molar refractivity (Wildman–Crippen MR) is 87.8 cm³/mol. The summed E-state index contributed by atoms with van der Waals surface area (Å²) in [4.78, 5) is 0. The summed E-state index contributed by atoms with van der Waals surface area (Å²) in [6.45, 7) is 5.98. The van der Waals surface area contributed by atoms with Gasteiger partial charge in [-0.05, 0) is 46.9 Å². The van der Waals surface area contributed by atoms with Crippen LogP contribution in [0, 0.1) is 0 Å². The lowest BCUT2D eigenvalue weighted by Crippen LogP contribution is -1.85. The molecule has 0 unspecified atom stereocenters. The molecule has 1 nitrogen and oxygen atoms in total. The Balaban J connectivity index is 2.28. The van der Waals surface area contributed by atoms with E-state index in [1.54, 1.807) is 7.11 Å². The molecule has 0 amide bonds. The fourth-order valence-corrected chi connectivity index (χ4v) is 2.09. The summed E-state index contributed by atoms with van der Waals surface area (Å²) in [5.74, 6) is 0.851. The molecule has 0 fully saturated rings. The van der Waals surface area contributed by atoms with Crippen LogP contribution in [0.25, 0.3) is 18.2 Å². The zero-order valence-corrected chi connectivity index (χ0v) is 12.1. The highest BCUT2D eigenvalue weighted by Crippen LogP contribution is 2.20. The third-order valence-electron chi connectivity index (χ3n) is 3.25. The fourth-order valence-electron chi connectivity index (χ4n) is 2.09. The van der Waals surface area contributed by atoms with Gasteiger partial charge in [0.1, 0.15) is 5.75 Å². The first kappa shape index (κ1) is 14.1. The van der Waals surface area contributed by atoms with Crippen molar-refractivity contribution in [3.05, 3.63) is 71.3 Å². The molecule has 0 bridgehead atoms. The molecule has 0 aliphatic heterocycles. The SMILES string of the molecule is C=Cc1cc(/C=C/c2cccc(CC)c2)cc(OC)c1. The number of ether oxygens (including phenoxy) is 1. The lowest BCUT2D eigenvalue weighted by Gasteiger charge is -2.04. The zero-order chi connectivity index (χ0) is 14.4. The van der Waals surface area contributed by atoms with Crippen molar-refractivity contribution in [3.63, 3.8) is 0 Å². The molecule has 20 heavy (non-hydrogen) atoms. The molecule has 0 saturated heterocycles. The van der Waals surface area contributed by atoms with Crippen LogP contribution < -0.4 is 4.74 Å². The van der Waals surface area contributed by atoms with E-state index in [-0.39, 0.29) is 0 Å². The zero-order valence-electron chi connectivity index (χ0n) is 12.1. The van der Waals surface area contributed by atoms with Gasteiger partial charge in [0.05, 0.1) is 7.11 Å². The monoisotopic (exact) mass is 264 g/mol. The standard InChI is InChI=1S/C19H20O/c1-4-15-7-6-8-17(11-15)9-10-18-12-16(5-2)13-19(14-18)20-3/h5-14H,2,4H2,1,3H3/b10-9+. The Morgan fingerprint density at radius 1 is 1.00 bits per heavy atom. The Bertz CT molecular complexity index is 623. The number of rotatable bonds is 5. The lowest BCUT2D eigenvalue weighted by molar-refractivity contribution is 0.414. The normalized spacial score (nSPS) is 10.7. The highest BCUT2D eigenvalue weighted by atomic mass is 16.5. The van der Waals surface area contributed by atoms with Gasteiger partial charge in [0, 0.05) is 0 Å². The largest absolute Gasteiger partial charge is 0.497 e. The van der Waals surface area contributed by atoms with E-state index >= 15 is 0 Å². The van der Waals surface area contributed by atoms with Crippen molar-refractivity contribution >= 4 is 18.2 Å². The molecule has 0 spiro atoms. The van der Waals surface area contributed by atoms with Gasteiger partial charge in [-0.15, -0.1) is 0 Å². The van der Waals surface area contributed by atoms with Gasteiger partial charge in [-0.1, -0.05) is 56.0 Å². The minimum Gasteiger partial charge on any atom is -0.497 e. The third-order valence-corrected chi connectivity index (χ3v) is 3.25. The molecule has 0 N–H and O–H groups in total. The van der Waals surface area contributed by atoms with Crippen molar-refractivity contribution in [2.24, 2.45) is 0 Å². The summed E-state index contributed by atoms with van der Waals surface area (Å²) in [7, 11) is 1.68. The van der Waals surface area contributed by atoms with Crippen LogP contribution in [0.15, 0.2) is 49.0 Å². The average molecular weight is 264 g/mol. The number of hydrogen-bond acceptors (Lipinski definition) is 1. The fraction of sp³-hybridized carbons (Fsp3) is 0.158. The van der Waals surface area contributed by atoms with Crippen LogP contribution in [0.5, 0.6) is 5.75 Å². The molecule has 2 rings (SSSR count). The van der Waals surface area contributed by atoms with Gasteiger partial charge in [-0.3, -0.25) is 0 Å². The summed E-state index contributed by atoms with van der Waals surface area (Å²) < 4.78 is 5.30. The summed E-state index contributed by atoms with van der Waals surface area (Å²) in [5.41, 5.74) is 4.74. The topological polar surface area (TPSA) is 9.23 Å². The molecule has 0 radical (unpaired) electrons. The Morgan fingerprint density at radius 3 is 2.45 bits per heavy atom. The van der Waals surface area contributed by atoms with Crippen molar-refractivity contribution in [1.29, 1.82) is 0 Å². The first-order valence-corrected chi connectivity index (χ1v) is 6.83. The number of benzene rings is 2. The van der Waals surface area contributed by atoms with Crippen LogP contribution in [-0.4, -0.2) is 7.11 Å². The van der Waals surface area contributed by atoms with Gasteiger partial charge in [-0.2, -0.15) is 0 Å². The maximum Gasteiger partial charge on any atom is 0.120 e. The van der Waals surface area contributed by atoms with Gasteiger partial charge in [0.2, 0.25) is 0 Å². The minimum atomic E-state index is 0.851. The van der Waals surface area contributed by atoms with E-state index in [2.05, 4.69) is 56.0 Å². The highest BCUT2D eigenvalue weighted by molar-refractivity contribution is 5.72. The van der Waals surface area contributed by atoms with Crippen molar-refractivity contribution in [2.75, 3.05) is 7.11 Å². The van der Waals surface area contributed by atoms with Gasteiger partial charge < -0.3 is 4.74 Å². The molecule has 0 saturated carbocycles. The Morgan fingerprint density at radius 2 is 1.75 bits per heavy atom. The molecule has 0 aromatic heterocycles. The second-order valence-electron chi connectivity index (χ2n) is 4.68. The van der Waals surface area contributed by atoms with Crippen LogP contribution in [0.2, 0.25) is 0 Å². The molecular formula is C19H20O. The quantitative estimate of drug-likeness (QED) is 0.685. The number of hydrogen-bond donors (Lipinski definition) is 0. The van der Waals surface area contributed by atoms with E-state index in [9.17, 15) is 0 Å². The molecular weight excluding hydrogens is 244 g/mol. The Labute approximate surface area is 121 Å². The van der Waals surface area contributed by atoms with E-state index < -0.39 is 0 Å². The number of aryl methyl sites for hydroxylation is 1. The molecule has 2 aromatic rings. The first-order valence-electron chi connectivity index (χ1n) is 6.83. The van der Waals surface area contributed by atoms with Gasteiger partial charge in [0.15, 0.2) is 0 Å². The molecule has 0 aliphatic carbocycles. The second-order valence-corrected chi connectivity index (χ2v) is 4.68. The van der Waals surface area contributed by atoms with Crippen LogP contribution in [0.4, 0.5) is 0 Å². The summed E-state index contributed by atoms with van der Waals surface area (Å²) in [6.07, 6.45) is 7.12.